The van der Waals surface area contributed by atoms with E-state index in [0.29, 0.717) is 26.1 Å². The highest BCUT2D eigenvalue weighted by molar-refractivity contribution is 5.70. The van der Waals surface area contributed by atoms with Gasteiger partial charge < -0.3 is 14.2 Å². The lowest BCUT2D eigenvalue weighted by atomic mass is 10.0. The van der Waals surface area contributed by atoms with Crippen LogP contribution in [0.1, 0.15) is 342 Å². The fourth-order valence-electron chi connectivity index (χ4n) is 9.27. The molecule has 0 aliphatic carbocycles. The minimum absolute atomic E-state index is 0.0932. The van der Waals surface area contributed by atoms with Crippen LogP contribution in [0.2, 0.25) is 0 Å². The zero-order chi connectivity index (χ0) is 47.7. The summed E-state index contributed by atoms with van der Waals surface area (Å²) in [6, 6.07) is 0. The normalized spacial score (nSPS) is 12.1. The summed E-state index contributed by atoms with van der Waals surface area (Å²) in [5, 5.41) is 0. The van der Waals surface area contributed by atoms with Gasteiger partial charge in [-0.05, 0) is 44.9 Å². The molecule has 1 atom stereocenters. The number of hydrogen-bond donors (Lipinski definition) is 0. The van der Waals surface area contributed by atoms with Crippen LogP contribution in [0.4, 0.5) is 0 Å². The summed E-state index contributed by atoms with van der Waals surface area (Å²) in [4.78, 5) is 25.5. The van der Waals surface area contributed by atoms with E-state index in [4.69, 9.17) is 14.2 Å². The predicted molar refractivity (Wildman–Crippen MR) is 289 cm³/mol. The highest BCUT2D eigenvalue weighted by Crippen LogP contribution is 2.18. The van der Waals surface area contributed by atoms with E-state index in [2.05, 4.69) is 32.9 Å². The summed E-state index contributed by atoms with van der Waals surface area (Å²) in [6.45, 7) is 7.89. The van der Waals surface area contributed by atoms with Crippen molar-refractivity contribution < 1.29 is 23.8 Å². The first-order chi connectivity index (χ1) is 32.6. The Morgan fingerprint density at radius 2 is 0.591 bits per heavy atom. The van der Waals surface area contributed by atoms with Crippen LogP contribution in [-0.4, -0.2) is 37.9 Å². The molecule has 0 aromatic rings. The number of esters is 2. The van der Waals surface area contributed by atoms with Crippen molar-refractivity contribution in [1.82, 2.24) is 0 Å². The molecule has 0 aliphatic rings. The molecular formula is C61H118O5. The zero-order valence-electron chi connectivity index (χ0n) is 45.2. The highest BCUT2D eigenvalue weighted by Gasteiger charge is 2.18. The lowest BCUT2D eigenvalue weighted by Crippen LogP contribution is -2.30. The van der Waals surface area contributed by atoms with E-state index in [1.807, 2.05) is 0 Å². The monoisotopic (exact) mass is 931 g/mol. The fourth-order valence-corrected chi connectivity index (χ4v) is 9.27. The molecule has 0 N–H and O–H groups in total. The Kier molecular flexibility index (Phi) is 56.8. The van der Waals surface area contributed by atoms with Crippen LogP contribution in [0.3, 0.4) is 0 Å². The maximum Gasteiger partial charge on any atom is 0.306 e. The van der Waals surface area contributed by atoms with Crippen molar-refractivity contribution in [1.29, 1.82) is 0 Å². The first-order valence-corrected chi connectivity index (χ1v) is 30.2. The summed E-state index contributed by atoms with van der Waals surface area (Å²) < 4.78 is 17.5. The van der Waals surface area contributed by atoms with Gasteiger partial charge >= 0.3 is 11.9 Å². The van der Waals surface area contributed by atoms with E-state index in [0.717, 1.165) is 38.5 Å². The molecule has 1 unspecified atom stereocenters. The maximum absolute atomic E-state index is 12.9. The number of hydrogen-bond acceptors (Lipinski definition) is 5. The Labute approximate surface area is 414 Å². The van der Waals surface area contributed by atoms with E-state index in [1.165, 1.54) is 270 Å². The molecule has 66 heavy (non-hydrogen) atoms. The van der Waals surface area contributed by atoms with Crippen molar-refractivity contribution in [2.75, 3.05) is 19.8 Å². The van der Waals surface area contributed by atoms with E-state index >= 15 is 0 Å². The largest absolute Gasteiger partial charge is 0.462 e. The molecule has 0 saturated carbocycles. The molecule has 5 nitrogen and oxygen atoms in total. The Balaban J connectivity index is 4.18. The van der Waals surface area contributed by atoms with E-state index < -0.39 is 6.10 Å². The second-order valence-corrected chi connectivity index (χ2v) is 20.6. The van der Waals surface area contributed by atoms with E-state index in [-0.39, 0.29) is 18.5 Å². The molecule has 0 spiro atoms. The second kappa shape index (κ2) is 58.0. The molecule has 0 aromatic heterocycles. The lowest BCUT2D eigenvalue weighted by Gasteiger charge is -2.18. The Bertz CT molecular complexity index is 963. The van der Waals surface area contributed by atoms with Gasteiger partial charge in [0.15, 0.2) is 6.10 Å². The van der Waals surface area contributed by atoms with Gasteiger partial charge in [0.25, 0.3) is 0 Å². The SMILES string of the molecule is CCCCCC/C=C\CCCCCCCCOCC(COC(=O)CCCCCCCCCCCCCCCCCCCCC)OC(=O)CCCCCCCCCCCCCCCCCCC. The van der Waals surface area contributed by atoms with Crippen LogP contribution < -0.4 is 0 Å². The zero-order valence-corrected chi connectivity index (χ0v) is 45.2. The maximum atomic E-state index is 12.9. The molecule has 5 heteroatoms. The van der Waals surface area contributed by atoms with Crippen LogP contribution in [0.15, 0.2) is 12.2 Å². The van der Waals surface area contributed by atoms with Gasteiger partial charge in [0.05, 0.1) is 6.61 Å². The molecular weight excluding hydrogens is 813 g/mol. The van der Waals surface area contributed by atoms with Gasteiger partial charge in [-0.15, -0.1) is 0 Å². The average Bonchev–Trinajstić information content (AvgIpc) is 3.32. The van der Waals surface area contributed by atoms with Crippen LogP contribution in [-0.2, 0) is 23.8 Å². The molecule has 0 radical (unpaired) electrons. The van der Waals surface area contributed by atoms with Crippen LogP contribution in [0.25, 0.3) is 0 Å². The standard InChI is InChI=1S/C61H118O5/c1-4-7-10-13-16-19-22-25-28-30-31-33-34-36-39-42-45-48-51-54-60(62)65-58-59(57-64-56-53-50-47-44-41-38-27-24-21-18-15-12-9-6-3)66-61(63)55-52-49-46-43-40-37-35-32-29-26-23-20-17-14-11-8-5-2/h21,24,59H,4-20,22-23,25-58H2,1-3H3/b24-21-. The number of allylic oxidation sites excluding steroid dienone is 2. The lowest BCUT2D eigenvalue weighted by molar-refractivity contribution is -0.163. The molecule has 0 aliphatic heterocycles. The van der Waals surface area contributed by atoms with Gasteiger partial charge in [0, 0.05) is 19.4 Å². The molecule has 0 rings (SSSR count). The van der Waals surface area contributed by atoms with Gasteiger partial charge in [-0.2, -0.15) is 0 Å². The summed E-state index contributed by atoms with van der Waals surface area (Å²) in [6.07, 6.45) is 68.1. The van der Waals surface area contributed by atoms with E-state index in [9.17, 15) is 9.59 Å². The average molecular weight is 932 g/mol. The third kappa shape index (κ3) is 55.2. The number of unbranched alkanes of at least 4 members (excludes halogenated alkanes) is 44. The summed E-state index contributed by atoms with van der Waals surface area (Å²) in [7, 11) is 0. The van der Waals surface area contributed by atoms with Crippen LogP contribution in [0, 0.1) is 0 Å². The number of rotatable bonds is 57. The van der Waals surface area contributed by atoms with Crippen molar-refractivity contribution in [2.24, 2.45) is 0 Å². The molecule has 0 aromatic carbocycles. The third-order valence-corrected chi connectivity index (χ3v) is 13.8. The fraction of sp³-hybridized carbons (Fsp3) is 0.934. The Morgan fingerprint density at radius 3 is 0.939 bits per heavy atom. The number of carbonyl (C=O) groups is 2. The van der Waals surface area contributed by atoms with Gasteiger partial charge in [-0.3, -0.25) is 9.59 Å². The van der Waals surface area contributed by atoms with Crippen LogP contribution >= 0.6 is 0 Å². The quantitative estimate of drug-likeness (QED) is 0.0345. The van der Waals surface area contributed by atoms with Crippen LogP contribution in [0.5, 0.6) is 0 Å². The highest BCUT2D eigenvalue weighted by atomic mass is 16.6. The molecule has 0 heterocycles. The van der Waals surface area contributed by atoms with Gasteiger partial charge in [0.1, 0.15) is 6.61 Å². The van der Waals surface area contributed by atoms with E-state index in [1.54, 1.807) is 0 Å². The minimum atomic E-state index is -0.531. The van der Waals surface area contributed by atoms with Crippen molar-refractivity contribution in [2.45, 2.75) is 348 Å². The van der Waals surface area contributed by atoms with Gasteiger partial charge in [-0.25, -0.2) is 0 Å². The topological polar surface area (TPSA) is 61.8 Å². The third-order valence-electron chi connectivity index (χ3n) is 13.8. The molecule has 392 valence electrons. The summed E-state index contributed by atoms with van der Waals surface area (Å²) >= 11 is 0. The minimum Gasteiger partial charge on any atom is -0.462 e. The first kappa shape index (κ1) is 64.6. The summed E-state index contributed by atoms with van der Waals surface area (Å²) in [5.41, 5.74) is 0. The number of ether oxygens (including phenoxy) is 3. The van der Waals surface area contributed by atoms with Crippen molar-refractivity contribution in [3.8, 4) is 0 Å². The van der Waals surface area contributed by atoms with Crippen molar-refractivity contribution in [3.63, 3.8) is 0 Å². The van der Waals surface area contributed by atoms with Crippen molar-refractivity contribution in [3.05, 3.63) is 12.2 Å². The first-order valence-electron chi connectivity index (χ1n) is 30.2. The number of carbonyl (C=O) groups excluding carboxylic acids is 2. The predicted octanol–water partition coefficient (Wildman–Crippen LogP) is 20.6. The summed E-state index contributed by atoms with van der Waals surface area (Å²) in [5.74, 6) is -0.371. The molecule has 0 saturated heterocycles. The molecule has 0 fully saturated rings. The molecule has 0 amide bonds. The van der Waals surface area contributed by atoms with Gasteiger partial charge in [0.2, 0.25) is 0 Å². The smallest absolute Gasteiger partial charge is 0.306 e. The Morgan fingerprint density at radius 1 is 0.318 bits per heavy atom. The van der Waals surface area contributed by atoms with Crippen molar-refractivity contribution >= 4 is 11.9 Å². The Hall–Kier alpha value is -1.36. The molecule has 0 bridgehead atoms. The second-order valence-electron chi connectivity index (χ2n) is 20.6. The van der Waals surface area contributed by atoms with Gasteiger partial charge in [-0.1, -0.05) is 296 Å².